The van der Waals surface area contributed by atoms with Crippen LogP contribution in [-0.4, -0.2) is 46.4 Å². The fourth-order valence-corrected chi connectivity index (χ4v) is 1.51. The molecule has 2 N–H and O–H groups in total. The Morgan fingerprint density at radius 3 is 2.40 bits per heavy atom. The normalized spacial score (nSPS) is 10.9. The van der Waals surface area contributed by atoms with Crippen molar-refractivity contribution in [1.82, 2.24) is 9.88 Å². The summed E-state index contributed by atoms with van der Waals surface area (Å²) in [6.07, 6.45) is 3.63. The molecule has 0 atom stereocenters. The Bertz CT molecular complexity index is 286. The number of rotatable bonds is 6. The van der Waals surface area contributed by atoms with E-state index in [1.54, 1.807) is 0 Å². The second-order valence-electron chi connectivity index (χ2n) is 3.59. The van der Waals surface area contributed by atoms with E-state index in [0.717, 1.165) is 17.7 Å². The minimum atomic E-state index is 0.110. The first-order valence-corrected chi connectivity index (χ1v) is 5.11. The number of hydrogen-bond donors (Lipinski definition) is 2. The summed E-state index contributed by atoms with van der Waals surface area (Å²) in [5, 5.41) is 17.7. The molecule has 84 valence electrons. The van der Waals surface area contributed by atoms with Gasteiger partial charge in [-0.15, -0.1) is 0 Å². The van der Waals surface area contributed by atoms with Gasteiger partial charge in [0.25, 0.3) is 0 Å². The van der Waals surface area contributed by atoms with E-state index in [-0.39, 0.29) is 13.2 Å². The molecule has 0 aromatic carbocycles. The van der Waals surface area contributed by atoms with Crippen molar-refractivity contribution >= 4 is 0 Å². The van der Waals surface area contributed by atoms with Gasteiger partial charge in [-0.05, 0) is 18.1 Å². The average Bonchev–Trinajstić information content (AvgIpc) is 2.18. The Labute approximate surface area is 90.2 Å². The van der Waals surface area contributed by atoms with Gasteiger partial charge in [0.1, 0.15) is 0 Å². The molecule has 1 rings (SSSR count). The molecule has 0 saturated heterocycles. The maximum atomic E-state index is 8.86. The van der Waals surface area contributed by atoms with E-state index in [1.165, 1.54) is 0 Å². The predicted molar refractivity (Wildman–Crippen MR) is 58.4 cm³/mol. The van der Waals surface area contributed by atoms with Crippen LogP contribution in [-0.2, 0) is 6.54 Å². The topological polar surface area (TPSA) is 56.6 Å². The molecule has 0 aliphatic carbocycles. The maximum Gasteiger partial charge on any atom is 0.0558 e. The molecule has 0 unspecified atom stereocenters. The van der Waals surface area contributed by atoms with Crippen molar-refractivity contribution in [3.8, 4) is 0 Å². The van der Waals surface area contributed by atoms with Crippen LogP contribution in [0.4, 0.5) is 0 Å². The third-order valence-corrected chi connectivity index (χ3v) is 2.17. The number of hydrogen-bond acceptors (Lipinski definition) is 4. The zero-order valence-electron chi connectivity index (χ0n) is 9.06. The van der Waals surface area contributed by atoms with Crippen LogP contribution in [0.5, 0.6) is 0 Å². The van der Waals surface area contributed by atoms with Gasteiger partial charge in [-0.25, -0.2) is 0 Å². The van der Waals surface area contributed by atoms with Gasteiger partial charge < -0.3 is 10.2 Å². The van der Waals surface area contributed by atoms with E-state index >= 15 is 0 Å². The highest BCUT2D eigenvalue weighted by Crippen LogP contribution is 2.05. The predicted octanol–water partition coefficient (Wildman–Crippen LogP) is 0.177. The molecule has 4 nitrogen and oxygen atoms in total. The van der Waals surface area contributed by atoms with E-state index in [4.69, 9.17) is 10.2 Å². The average molecular weight is 210 g/mol. The van der Waals surface area contributed by atoms with Crippen LogP contribution in [0.25, 0.3) is 0 Å². The zero-order valence-corrected chi connectivity index (χ0v) is 9.06. The van der Waals surface area contributed by atoms with Crippen molar-refractivity contribution in [2.45, 2.75) is 13.5 Å². The monoisotopic (exact) mass is 210 g/mol. The molecule has 0 aliphatic rings. The smallest absolute Gasteiger partial charge is 0.0558 e. The summed E-state index contributed by atoms with van der Waals surface area (Å²) in [7, 11) is 0. The molecule has 0 radical (unpaired) electrons. The first-order valence-electron chi connectivity index (χ1n) is 5.11. The van der Waals surface area contributed by atoms with Gasteiger partial charge >= 0.3 is 0 Å². The van der Waals surface area contributed by atoms with Gasteiger partial charge in [0.15, 0.2) is 0 Å². The first-order chi connectivity index (χ1) is 7.26. The minimum Gasteiger partial charge on any atom is -0.395 e. The standard InChI is InChI=1S/C11H18N2O2/c1-10-6-11(8-12-7-10)9-13(2-4-14)3-5-15/h6-8,14-15H,2-5,9H2,1H3. The van der Waals surface area contributed by atoms with E-state index in [9.17, 15) is 0 Å². The minimum absolute atomic E-state index is 0.110. The summed E-state index contributed by atoms with van der Waals surface area (Å²) >= 11 is 0. The van der Waals surface area contributed by atoms with Crippen LogP contribution in [0.1, 0.15) is 11.1 Å². The summed E-state index contributed by atoms with van der Waals surface area (Å²) in [5.41, 5.74) is 2.23. The van der Waals surface area contributed by atoms with Gasteiger partial charge in [-0.2, -0.15) is 0 Å². The Morgan fingerprint density at radius 2 is 1.87 bits per heavy atom. The molecule has 1 aromatic heterocycles. The van der Waals surface area contributed by atoms with Crippen LogP contribution < -0.4 is 0 Å². The number of pyridine rings is 1. The fourth-order valence-electron chi connectivity index (χ4n) is 1.51. The lowest BCUT2D eigenvalue weighted by Gasteiger charge is -2.19. The molecule has 0 saturated carbocycles. The van der Waals surface area contributed by atoms with E-state index in [1.807, 2.05) is 24.2 Å². The van der Waals surface area contributed by atoms with Crippen molar-refractivity contribution < 1.29 is 10.2 Å². The van der Waals surface area contributed by atoms with E-state index in [2.05, 4.69) is 11.1 Å². The molecule has 0 fully saturated rings. The molecule has 1 aromatic rings. The van der Waals surface area contributed by atoms with E-state index in [0.29, 0.717) is 13.1 Å². The van der Waals surface area contributed by atoms with Gasteiger partial charge in [0.05, 0.1) is 13.2 Å². The van der Waals surface area contributed by atoms with Gasteiger partial charge in [-0.3, -0.25) is 9.88 Å². The second-order valence-corrected chi connectivity index (χ2v) is 3.59. The fraction of sp³-hybridized carbons (Fsp3) is 0.545. The third kappa shape index (κ3) is 4.38. The molecule has 15 heavy (non-hydrogen) atoms. The quantitative estimate of drug-likeness (QED) is 0.703. The van der Waals surface area contributed by atoms with Crippen LogP contribution in [0.15, 0.2) is 18.5 Å². The highest BCUT2D eigenvalue weighted by Gasteiger charge is 2.04. The SMILES string of the molecule is Cc1cncc(CN(CCO)CCO)c1. The van der Waals surface area contributed by atoms with Crippen LogP contribution in [0.3, 0.4) is 0 Å². The lowest BCUT2D eigenvalue weighted by Crippen LogP contribution is -2.29. The summed E-state index contributed by atoms with van der Waals surface area (Å²) in [6.45, 7) is 4.09. The Kier molecular flexibility index (Phi) is 5.25. The molecular formula is C11H18N2O2. The Balaban J connectivity index is 2.56. The number of aliphatic hydroxyl groups is 2. The molecular weight excluding hydrogens is 192 g/mol. The second kappa shape index (κ2) is 6.50. The molecule has 0 amide bonds. The highest BCUT2D eigenvalue weighted by molar-refractivity contribution is 5.16. The van der Waals surface area contributed by atoms with Crippen molar-refractivity contribution in [3.63, 3.8) is 0 Å². The molecule has 0 spiro atoms. The lowest BCUT2D eigenvalue weighted by atomic mass is 10.2. The molecule has 4 heteroatoms. The van der Waals surface area contributed by atoms with Crippen molar-refractivity contribution in [2.24, 2.45) is 0 Å². The van der Waals surface area contributed by atoms with Crippen molar-refractivity contribution in [1.29, 1.82) is 0 Å². The molecule has 0 bridgehead atoms. The molecule has 1 heterocycles. The van der Waals surface area contributed by atoms with Gasteiger partial charge in [0.2, 0.25) is 0 Å². The highest BCUT2D eigenvalue weighted by atomic mass is 16.3. The number of nitrogens with zero attached hydrogens (tertiary/aromatic N) is 2. The summed E-state index contributed by atoms with van der Waals surface area (Å²) in [6, 6.07) is 2.06. The summed E-state index contributed by atoms with van der Waals surface area (Å²) in [5.74, 6) is 0. The van der Waals surface area contributed by atoms with Crippen molar-refractivity contribution in [3.05, 3.63) is 29.6 Å². The molecule has 0 aliphatic heterocycles. The van der Waals surface area contributed by atoms with Gasteiger partial charge in [-0.1, -0.05) is 6.07 Å². The summed E-state index contributed by atoms with van der Waals surface area (Å²) < 4.78 is 0. The Hall–Kier alpha value is -0.970. The van der Waals surface area contributed by atoms with Crippen LogP contribution >= 0.6 is 0 Å². The lowest BCUT2D eigenvalue weighted by molar-refractivity contribution is 0.156. The van der Waals surface area contributed by atoms with Gasteiger partial charge in [0, 0.05) is 32.0 Å². The first kappa shape index (κ1) is 12.1. The number of aliphatic hydroxyl groups excluding tert-OH is 2. The zero-order chi connectivity index (χ0) is 11.1. The number of aryl methyl sites for hydroxylation is 1. The maximum absolute atomic E-state index is 8.86. The Morgan fingerprint density at radius 1 is 1.20 bits per heavy atom. The van der Waals surface area contributed by atoms with Crippen molar-refractivity contribution in [2.75, 3.05) is 26.3 Å². The van der Waals surface area contributed by atoms with Crippen LogP contribution in [0.2, 0.25) is 0 Å². The van der Waals surface area contributed by atoms with Crippen LogP contribution in [0, 0.1) is 6.92 Å². The van der Waals surface area contributed by atoms with E-state index < -0.39 is 0 Å². The summed E-state index contributed by atoms with van der Waals surface area (Å²) in [4.78, 5) is 6.10. The number of aromatic nitrogens is 1. The largest absolute Gasteiger partial charge is 0.395 e. The third-order valence-electron chi connectivity index (χ3n) is 2.17.